The second-order valence-corrected chi connectivity index (χ2v) is 6.10. The molecule has 2 aliphatic rings. The Morgan fingerprint density at radius 3 is 2.90 bits per heavy atom. The van der Waals surface area contributed by atoms with Crippen LogP contribution in [0.5, 0.6) is 11.5 Å². The summed E-state index contributed by atoms with van der Waals surface area (Å²) in [5.74, 6) is 1.02. The van der Waals surface area contributed by atoms with Gasteiger partial charge in [-0.25, -0.2) is 0 Å². The van der Waals surface area contributed by atoms with E-state index in [0.717, 1.165) is 18.7 Å². The Bertz CT molecular complexity index is 489. The molecule has 3 rings (SSSR count). The van der Waals surface area contributed by atoms with Crippen molar-refractivity contribution < 1.29 is 14.6 Å². The topological polar surface area (TPSA) is 41.9 Å². The molecule has 0 radical (unpaired) electrons. The van der Waals surface area contributed by atoms with Gasteiger partial charge in [0.1, 0.15) is 11.5 Å². The van der Waals surface area contributed by atoms with E-state index in [4.69, 9.17) is 9.47 Å². The number of hydrogen-bond acceptors (Lipinski definition) is 4. The zero-order valence-electron chi connectivity index (χ0n) is 12.9. The summed E-state index contributed by atoms with van der Waals surface area (Å²) in [6, 6.07) is 6.29. The zero-order valence-corrected chi connectivity index (χ0v) is 12.9. The van der Waals surface area contributed by atoms with E-state index in [1.807, 2.05) is 12.1 Å². The number of phenols is 1. The number of morpholine rings is 1. The van der Waals surface area contributed by atoms with Crippen LogP contribution in [0.3, 0.4) is 0 Å². The molecule has 3 atom stereocenters. The van der Waals surface area contributed by atoms with E-state index in [2.05, 4.69) is 11.8 Å². The third kappa shape index (κ3) is 2.87. The smallest absolute Gasteiger partial charge is 0.124 e. The lowest BCUT2D eigenvalue weighted by molar-refractivity contribution is -0.101. The van der Waals surface area contributed by atoms with Gasteiger partial charge in [-0.05, 0) is 25.8 Å². The number of phenolic OH excluding ortho intramolecular Hbond substituents is 1. The number of fused-ring (bicyclic) bond motifs is 1. The Kier molecular flexibility index (Phi) is 4.36. The summed E-state index contributed by atoms with van der Waals surface area (Å²) in [7, 11) is 1.62. The van der Waals surface area contributed by atoms with E-state index in [1.165, 1.54) is 25.7 Å². The van der Waals surface area contributed by atoms with Crippen LogP contribution in [0.15, 0.2) is 18.2 Å². The van der Waals surface area contributed by atoms with E-state index in [1.54, 1.807) is 13.2 Å². The van der Waals surface area contributed by atoms with Crippen molar-refractivity contribution >= 4 is 0 Å². The Morgan fingerprint density at radius 2 is 2.14 bits per heavy atom. The summed E-state index contributed by atoms with van der Waals surface area (Å²) < 4.78 is 11.1. The Hall–Kier alpha value is -1.26. The SMILES string of the molecule is COc1ccc(C(C)N2CCOC3CCCCC32)c(O)c1. The number of rotatable bonds is 3. The third-order valence-corrected chi connectivity index (χ3v) is 4.96. The highest BCUT2D eigenvalue weighted by Gasteiger charge is 2.37. The lowest BCUT2D eigenvalue weighted by atomic mass is 9.88. The fraction of sp³-hybridized carbons (Fsp3) is 0.647. The molecule has 1 aliphatic heterocycles. The highest BCUT2D eigenvalue weighted by molar-refractivity contribution is 5.41. The van der Waals surface area contributed by atoms with Crippen molar-refractivity contribution in [3.8, 4) is 11.5 Å². The zero-order chi connectivity index (χ0) is 14.8. The van der Waals surface area contributed by atoms with Crippen LogP contribution in [0.1, 0.15) is 44.2 Å². The first-order valence-electron chi connectivity index (χ1n) is 7.95. The van der Waals surface area contributed by atoms with E-state index >= 15 is 0 Å². The highest BCUT2D eigenvalue weighted by atomic mass is 16.5. The van der Waals surface area contributed by atoms with Crippen LogP contribution in [-0.2, 0) is 4.74 Å². The van der Waals surface area contributed by atoms with Crippen molar-refractivity contribution in [3.63, 3.8) is 0 Å². The lowest BCUT2D eigenvalue weighted by Gasteiger charge is -2.46. The molecule has 0 bridgehead atoms. The predicted molar refractivity (Wildman–Crippen MR) is 81.8 cm³/mol. The van der Waals surface area contributed by atoms with Crippen molar-refractivity contribution in [2.45, 2.75) is 50.8 Å². The molecule has 4 heteroatoms. The van der Waals surface area contributed by atoms with Gasteiger partial charge in [-0.2, -0.15) is 0 Å². The standard InChI is InChI=1S/C17H25NO3/c1-12(14-8-7-13(20-2)11-16(14)19)18-9-10-21-17-6-4-3-5-15(17)18/h7-8,11-12,15,17,19H,3-6,9-10H2,1-2H3. The number of ether oxygens (including phenoxy) is 2. The molecular formula is C17H25NO3. The maximum Gasteiger partial charge on any atom is 0.124 e. The normalized spacial score (nSPS) is 27.9. The summed E-state index contributed by atoms with van der Waals surface area (Å²) in [4.78, 5) is 2.51. The number of aromatic hydroxyl groups is 1. The maximum atomic E-state index is 10.3. The van der Waals surface area contributed by atoms with Crippen molar-refractivity contribution in [2.75, 3.05) is 20.3 Å². The molecule has 1 saturated carbocycles. The first kappa shape index (κ1) is 14.7. The van der Waals surface area contributed by atoms with Crippen molar-refractivity contribution in [3.05, 3.63) is 23.8 Å². The van der Waals surface area contributed by atoms with Gasteiger partial charge in [0.2, 0.25) is 0 Å². The van der Waals surface area contributed by atoms with Gasteiger partial charge in [-0.1, -0.05) is 18.9 Å². The average molecular weight is 291 g/mol. The van der Waals surface area contributed by atoms with E-state index in [9.17, 15) is 5.11 Å². The summed E-state index contributed by atoms with van der Waals surface area (Å²) in [6.45, 7) is 3.91. The first-order valence-corrected chi connectivity index (χ1v) is 7.95. The molecule has 21 heavy (non-hydrogen) atoms. The monoisotopic (exact) mass is 291 g/mol. The molecule has 116 valence electrons. The van der Waals surface area contributed by atoms with Crippen LogP contribution >= 0.6 is 0 Å². The minimum absolute atomic E-state index is 0.199. The molecule has 1 aliphatic carbocycles. The maximum absolute atomic E-state index is 10.3. The summed E-state index contributed by atoms with van der Waals surface area (Å²) >= 11 is 0. The Labute approximate surface area is 126 Å². The molecule has 1 aromatic rings. The molecule has 4 nitrogen and oxygen atoms in total. The fourth-order valence-electron chi connectivity index (χ4n) is 3.79. The van der Waals surface area contributed by atoms with Gasteiger partial charge in [0.25, 0.3) is 0 Å². The number of hydrogen-bond donors (Lipinski definition) is 1. The quantitative estimate of drug-likeness (QED) is 0.929. The minimum atomic E-state index is 0.199. The minimum Gasteiger partial charge on any atom is -0.507 e. The number of nitrogens with zero attached hydrogens (tertiary/aromatic N) is 1. The van der Waals surface area contributed by atoms with Crippen LogP contribution in [0.2, 0.25) is 0 Å². The largest absolute Gasteiger partial charge is 0.507 e. The fourth-order valence-corrected chi connectivity index (χ4v) is 3.79. The van der Waals surface area contributed by atoms with Crippen LogP contribution in [0.4, 0.5) is 0 Å². The van der Waals surface area contributed by atoms with E-state index in [0.29, 0.717) is 23.6 Å². The molecule has 3 unspecified atom stereocenters. The van der Waals surface area contributed by atoms with Crippen molar-refractivity contribution in [1.29, 1.82) is 0 Å². The molecule has 0 aromatic heterocycles. The second-order valence-electron chi connectivity index (χ2n) is 6.10. The van der Waals surface area contributed by atoms with Gasteiger partial charge < -0.3 is 14.6 Å². The van der Waals surface area contributed by atoms with Crippen LogP contribution in [-0.4, -0.2) is 42.4 Å². The highest BCUT2D eigenvalue weighted by Crippen LogP contribution is 2.37. The van der Waals surface area contributed by atoms with Crippen molar-refractivity contribution in [2.24, 2.45) is 0 Å². The molecular weight excluding hydrogens is 266 g/mol. The lowest BCUT2D eigenvalue weighted by Crippen LogP contribution is -2.53. The molecule has 1 saturated heterocycles. The summed E-state index contributed by atoms with van der Waals surface area (Å²) in [6.07, 6.45) is 5.30. The van der Waals surface area contributed by atoms with Crippen LogP contribution < -0.4 is 4.74 Å². The van der Waals surface area contributed by atoms with E-state index in [-0.39, 0.29) is 6.04 Å². The second kappa shape index (κ2) is 6.24. The molecule has 1 aromatic carbocycles. The molecule has 1 heterocycles. The van der Waals surface area contributed by atoms with E-state index < -0.39 is 0 Å². The Balaban J connectivity index is 1.81. The Morgan fingerprint density at radius 1 is 1.33 bits per heavy atom. The van der Waals surface area contributed by atoms with Crippen LogP contribution in [0.25, 0.3) is 0 Å². The van der Waals surface area contributed by atoms with Gasteiger partial charge in [-0.3, -0.25) is 4.90 Å². The molecule has 0 amide bonds. The number of methoxy groups -OCH3 is 1. The molecule has 2 fully saturated rings. The number of benzene rings is 1. The third-order valence-electron chi connectivity index (χ3n) is 4.96. The first-order chi connectivity index (χ1) is 10.2. The summed E-state index contributed by atoms with van der Waals surface area (Å²) in [5, 5.41) is 10.3. The van der Waals surface area contributed by atoms with Gasteiger partial charge in [0.05, 0.1) is 19.8 Å². The van der Waals surface area contributed by atoms with Gasteiger partial charge >= 0.3 is 0 Å². The van der Waals surface area contributed by atoms with Gasteiger partial charge in [0, 0.05) is 30.3 Å². The summed E-state index contributed by atoms with van der Waals surface area (Å²) in [5.41, 5.74) is 0.974. The van der Waals surface area contributed by atoms with Gasteiger partial charge in [-0.15, -0.1) is 0 Å². The average Bonchev–Trinajstić information content (AvgIpc) is 2.53. The van der Waals surface area contributed by atoms with Crippen LogP contribution in [0, 0.1) is 0 Å². The predicted octanol–water partition coefficient (Wildman–Crippen LogP) is 3.11. The van der Waals surface area contributed by atoms with Gasteiger partial charge in [0.15, 0.2) is 0 Å². The van der Waals surface area contributed by atoms with Crippen molar-refractivity contribution in [1.82, 2.24) is 4.90 Å². The molecule has 1 N–H and O–H groups in total. The molecule has 0 spiro atoms.